The van der Waals surface area contributed by atoms with Gasteiger partial charge in [-0.25, -0.2) is 15.0 Å². The van der Waals surface area contributed by atoms with Crippen LogP contribution in [0.4, 0.5) is 17.6 Å². The Bertz CT molecular complexity index is 1160. The number of nitrogens with one attached hydrogen (secondary N) is 1. The number of hydrogen-bond donors (Lipinski definition) is 1. The maximum Gasteiger partial charge on any atom is 0.227 e. The van der Waals surface area contributed by atoms with Crippen molar-refractivity contribution < 1.29 is 14.2 Å². The van der Waals surface area contributed by atoms with Crippen LogP contribution in [-0.4, -0.2) is 63.7 Å². The molecule has 0 radical (unpaired) electrons. The summed E-state index contributed by atoms with van der Waals surface area (Å²) in [4.78, 5) is 20.9. The summed E-state index contributed by atoms with van der Waals surface area (Å²) < 4.78 is 19.6. The van der Waals surface area contributed by atoms with Gasteiger partial charge in [0.05, 0.1) is 17.8 Å². The van der Waals surface area contributed by atoms with E-state index in [0.717, 1.165) is 68.2 Å². The molecule has 5 heterocycles. The van der Waals surface area contributed by atoms with Crippen LogP contribution in [0.3, 0.4) is 0 Å². The largest absolute Gasteiger partial charge is 0.381 e. The molecule has 0 aliphatic carbocycles. The van der Waals surface area contributed by atoms with Gasteiger partial charge in [0.15, 0.2) is 6.29 Å². The molecule has 2 fully saturated rings. The number of methoxy groups -OCH3 is 1. The molecular weight excluding hydrogens is 458 g/mol. The Kier molecular flexibility index (Phi) is 7.64. The Morgan fingerprint density at radius 3 is 2.81 bits per heavy atom. The molecule has 0 saturated carbocycles. The van der Waals surface area contributed by atoms with Crippen LogP contribution in [0, 0.1) is 5.92 Å². The summed E-state index contributed by atoms with van der Waals surface area (Å²) in [7, 11) is 1.79. The monoisotopic (exact) mass is 495 g/mol. The van der Waals surface area contributed by atoms with Gasteiger partial charge in [-0.1, -0.05) is 6.92 Å². The van der Waals surface area contributed by atoms with E-state index < -0.39 is 0 Å². The van der Waals surface area contributed by atoms with Crippen molar-refractivity contribution in [2.45, 2.75) is 71.5 Å². The van der Waals surface area contributed by atoms with Crippen LogP contribution in [-0.2, 0) is 20.8 Å². The van der Waals surface area contributed by atoms with E-state index in [0.29, 0.717) is 24.2 Å². The first-order chi connectivity index (χ1) is 17.5. The van der Waals surface area contributed by atoms with Crippen LogP contribution in [0.25, 0.3) is 11.0 Å². The molecule has 3 aromatic rings. The van der Waals surface area contributed by atoms with Gasteiger partial charge in [0, 0.05) is 45.1 Å². The number of anilines is 3. The molecule has 0 bridgehead atoms. The van der Waals surface area contributed by atoms with E-state index in [1.807, 2.05) is 12.1 Å². The number of imidazole rings is 1. The predicted molar refractivity (Wildman–Crippen MR) is 138 cm³/mol. The maximum absolute atomic E-state index is 6.04. The summed E-state index contributed by atoms with van der Waals surface area (Å²) in [5.41, 5.74) is 1.85. The molecule has 0 amide bonds. The minimum atomic E-state index is -0.148. The predicted octanol–water partition coefficient (Wildman–Crippen LogP) is 4.45. The number of nitrogens with zero attached hydrogens (tertiary/aromatic N) is 6. The van der Waals surface area contributed by atoms with E-state index in [9.17, 15) is 0 Å². The second-order valence-corrected chi connectivity index (χ2v) is 10.0. The van der Waals surface area contributed by atoms with Gasteiger partial charge in [-0.2, -0.15) is 4.98 Å². The average Bonchev–Trinajstić information content (AvgIpc) is 3.26. The summed E-state index contributed by atoms with van der Waals surface area (Å²) in [5.74, 6) is 3.45. The first kappa shape index (κ1) is 24.9. The van der Waals surface area contributed by atoms with Crippen molar-refractivity contribution in [3.63, 3.8) is 0 Å². The van der Waals surface area contributed by atoms with Gasteiger partial charge in [0.2, 0.25) is 5.95 Å². The smallest absolute Gasteiger partial charge is 0.227 e. The standard InChI is InChI=1S/C26H37N7O3/c1-17(2)33-20-13-23(28-14-19(20)29-24(33)16-36-25-7-5-6-12-35-25)30-22-8-10-27-26(31-22)32-11-9-21(34-4)18(3)15-32/h8,10,13-14,17-18,21,25H,5-7,9,11-12,15-16H2,1-4H3,(H,27,28,30,31)/t18-,21+,25?/m0/s1. The maximum atomic E-state index is 6.04. The van der Waals surface area contributed by atoms with Crippen molar-refractivity contribution in [2.75, 3.05) is 37.0 Å². The molecule has 0 aromatic carbocycles. The molecule has 0 spiro atoms. The van der Waals surface area contributed by atoms with Gasteiger partial charge < -0.3 is 29.0 Å². The normalized spacial score (nSPS) is 22.9. The third kappa shape index (κ3) is 5.45. The molecule has 3 aromatic heterocycles. The van der Waals surface area contributed by atoms with Gasteiger partial charge in [-0.3, -0.25) is 0 Å². The summed E-state index contributed by atoms with van der Waals surface area (Å²) in [6.07, 6.45) is 7.87. The lowest BCUT2D eigenvalue weighted by Crippen LogP contribution is -2.43. The lowest BCUT2D eigenvalue weighted by molar-refractivity contribution is -0.170. The van der Waals surface area contributed by atoms with E-state index in [-0.39, 0.29) is 18.4 Å². The molecular formula is C26H37N7O3. The Balaban J connectivity index is 1.33. The Hall–Kier alpha value is -2.82. The van der Waals surface area contributed by atoms with Crippen molar-refractivity contribution in [1.82, 2.24) is 24.5 Å². The molecule has 3 atom stereocenters. The molecule has 36 heavy (non-hydrogen) atoms. The highest BCUT2D eigenvalue weighted by atomic mass is 16.7. The zero-order valence-corrected chi connectivity index (χ0v) is 21.7. The fourth-order valence-electron chi connectivity index (χ4n) is 5.16. The van der Waals surface area contributed by atoms with Crippen molar-refractivity contribution >= 4 is 28.6 Å². The Morgan fingerprint density at radius 2 is 2.06 bits per heavy atom. The SMILES string of the molecule is CO[C@@H]1CCN(c2nccc(Nc3cc4c(cn3)nc(COC3CCCCO3)n4C(C)C)n2)C[C@@H]1C. The molecule has 2 aliphatic rings. The molecule has 5 rings (SSSR count). The lowest BCUT2D eigenvalue weighted by atomic mass is 9.97. The quantitative estimate of drug-likeness (QED) is 0.486. The van der Waals surface area contributed by atoms with Crippen molar-refractivity contribution in [1.29, 1.82) is 0 Å². The second-order valence-electron chi connectivity index (χ2n) is 10.0. The van der Waals surface area contributed by atoms with E-state index >= 15 is 0 Å². The zero-order chi connectivity index (χ0) is 25.1. The summed E-state index contributed by atoms with van der Waals surface area (Å²) in [6, 6.07) is 4.11. The fourth-order valence-corrected chi connectivity index (χ4v) is 5.16. The molecule has 1 N–H and O–H groups in total. The van der Waals surface area contributed by atoms with E-state index in [1.54, 1.807) is 19.5 Å². The average molecular weight is 496 g/mol. The minimum Gasteiger partial charge on any atom is -0.381 e. The Labute approximate surface area is 212 Å². The summed E-state index contributed by atoms with van der Waals surface area (Å²) >= 11 is 0. The third-order valence-corrected chi connectivity index (χ3v) is 7.01. The number of piperidine rings is 1. The highest BCUT2D eigenvalue weighted by Crippen LogP contribution is 2.27. The minimum absolute atomic E-state index is 0.148. The molecule has 2 aliphatic heterocycles. The number of aromatic nitrogens is 5. The fraction of sp³-hybridized carbons (Fsp3) is 0.615. The van der Waals surface area contributed by atoms with Gasteiger partial charge in [-0.05, 0) is 51.5 Å². The van der Waals surface area contributed by atoms with Gasteiger partial charge in [-0.15, -0.1) is 0 Å². The van der Waals surface area contributed by atoms with E-state index in [4.69, 9.17) is 24.2 Å². The van der Waals surface area contributed by atoms with Crippen molar-refractivity contribution in [2.24, 2.45) is 5.92 Å². The number of ether oxygens (including phenoxy) is 3. The Morgan fingerprint density at radius 1 is 1.17 bits per heavy atom. The number of fused-ring (bicyclic) bond motifs is 1. The zero-order valence-electron chi connectivity index (χ0n) is 21.7. The van der Waals surface area contributed by atoms with Crippen LogP contribution < -0.4 is 10.2 Å². The highest BCUT2D eigenvalue weighted by molar-refractivity contribution is 5.79. The molecule has 10 nitrogen and oxygen atoms in total. The van der Waals surface area contributed by atoms with Crippen LogP contribution in [0.5, 0.6) is 0 Å². The third-order valence-electron chi connectivity index (χ3n) is 7.01. The van der Waals surface area contributed by atoms with Gasteiger partial charge in [0.25, 0.3) is 0 Å². The summed E-state index contributed by atoms with van der Waals surface area (Å²) in [6.45, 7) is 9.44. The van der Waals surface area contributed by atoms with Crippen LogP contribution in [0.1, 0.15) is 58.3 Å². The molecule has 2 saturated heterocycles. The molecule has 10 heteroatoms. The van der Waals surface area contributed by atoms with Crippen LogP contribution in [0.15, 0.2) is 24.5 Å². The number of hydrogen-bond acceptors (Lipinski definition) is 9. The summed E-state index contributed by atoms with van der Waals surface area (Å²) in [5, 5.41) is 3.36. The topological polar surface area (TPSA) is 99.5 Å². The first-order valence-electron chi connectivity index (χ1n) is 13.0. The van der Waals surface area contributed by atoms with E-state index in [2.05, 4.69) is 45.5 Å². The van der Waals surface area contributed by atoms with Crippen LogP contribution in [0.2, 0.25) is 0 Å². The van der Waals surface area contributed by atoms with Gasteiger partial charge >= 0.3 is 0 Å². The van der Waals surface area contributed by atoms with Gasteiger partial charge in [0.1, 0.15) is 29.6 Å². The van der Waals surface area contributed by atoms with Crippen molar-refractivity contribution in [3.05, 3.63) is 30.4 Å². The highest BCUT2D eigenvalue weighted by Gasteiger charge is 2.27. The molecule has 194 valence electrons. The molecule has 1 unspecified atom stereocenters. The van der Waals surface area contributed by atoms with E-state index in [1.165, 1.54) is 0 Å². The lowest BCUT2D eigenvalue weighted by Gasteiger charge is -2.36. The first-order valence-corrected chi connectivity index (χ1v) is 13.0. The number of pyridine rings is 1. The second kappa shape index (κ2) is 11.1. The van der Waals surface area contributed by atoms with Crippen LogP contribution >= 0.6 is 0 Å². The number of rotatable bonds is 8. The van der Waals surface area contributed by atoms with Crippen molar-refractivity contribution in [3.8, 4) is 0 Å².